The van der Waals surface area contributed by atoms with Gasteiger partial charge in [0.2, 0.25) is 0 Å². The summed E-state index contributed by atoms with van der Waals surface area (Å²) < 4.78 is 0. The minimum absolute atomic E-state index is 0. The van der Waals surface area contributed by atoms with Crippen molar-refractivity contribution in [2.45, 2.75) is 26.3 Å². The molecule has 0 unspecified atom stereocenters. The van der Waals surface area contributed by atoms with Crippen molar-refractivity contribution in [1.29, 1.82) is 0 Å². The summed E-state index contributed by atoms with van der Waals surface area (Å²) in [5, 5.41) is 23.7. The summed E-state index contributed by atoms with van der Waals surface area (Å²) in [4.78, 5) is 0.0278. The quantitative estimate of drug-likeness (QED) is 0.199. The Morgan fingerprint density at radius 2 is 1.73 bits per heavy atom. The summed E-state index contributed by atoms with van der Waals surface area (Å²) in [5.41, 5.74) is -0.365. The molecular weight excluding hydrogens is 157 g/mol. The first-order valence-corrected chi connectivity index (χ1v) is 2.94. The third-order valence-corrected chi connectivity index (χ3v) is 1.30. The molecule has 0 fully saturated rings. The molecule has 0 saturated heterocycles. The van der Waals surface area contributed by atoms with Crippen LogP contribution in [-0.4, -0.2) is 22.6 Å². The molecule has 6 heteroatoms. The fourth-order valence-corrected chi connectivity index (χ4v) is 0.311. The fraction of sp³-hybridized carbons (Fsp3) is 1.00. The second-order valence-electron chi connectivity index (χ2n) is 3.03. The number of rotatable bonds is 1. The maximum absolute atomic E-state index is 10.5. The van der Waals surface area contributed by atoms with Gasteiger partial charge in [0.25, 0.3) is 0 Å². The zero-order valence-electron chi connectivity index (χ0n) is 7.66. The van der Waals surface area contributed by atoms with Crippen LogP contribution in [0.2, 0.25) is 0 Å². The Morgan fingerprint density at radius 1 is 1.36 bits per heavy atom. The van der Waals surface area contributed by atoms with E-state index >= 15 is 0 Å². The second kappa shape index (κ2) is 4.79. The van der Waals surface area contributed by atoms with Gasteiger partial charge in [-0.25, -0.2) is 0 Å². The zero-order valence-corrected chi connectivity index (χ0v) is 9.66. The van der Waals surface area contributed by atoms with Crippen molar-refractivity contribution < 1.29 is 34.5 Å². The van der Waals surface area contributed by atoms with Crippen molar-refractivity contribution >= 4 is 0 Å². The van der Waals surface area contributed by atoms with Gasteiger partial charge in [0.1, 0.15) is 0 Å². The van der Waals surface area contributed by atoms with Crippen LogP contribution < -0.4 is 29.6 Å². The minimum atomic E-state index is -0.365. The molecule has 0 spiro atoms. The Morgan fingerprint density at radius 3 is 1.82 bits per heavy atom. The van der Waals surface area contributed by atoms with Crippen LogP contribution in [0.5, 0.6) is 0 Å². The van der Waals surface area contributed by atoms with E-state index in [2.05, 4.69) is 5.28 Å². The third-order valence-electron chi connectivity index (χ3n) is 1.30. The largest absolute Gasteiger partial charge is 1.00 e. The first kappa shape index (κ1) is 13.6. The van der Waals surface area contributed by atoms with E-state index in [-0.39, 0.29) is 40.1 Å². The van der Waals surface area contributed by atoms with E-state index in [1.165, 1.54) is 12.1 Å². The van der Waals surface area contributed by atoms with Crippen molar-refractivity contribution in [3.05, 3.63) is 10.4 Å². The summed E-state index contributed by atoms with van der Waals surface area (Å²) in [7, 11) is 1.51. The van der Waals surface area contributed by atoms with Gasteiger partial charge in [0.15, 0.2) is 0 Å². The molecule has 0 aliphatic rings. The van der Waals surface area contributed by atoms with Gasteiger partial charge in [0.05, 0.1) is 12.6 Å². The van der Waals surface area contributed by atoms with E-state index in [0.29, 0.717) is 0 Å². The molecule has 0 radical (unpaired) electrons. The SMILES string of the molecule is CN(/[N+]([O-])=N\[O-])C(C)(C)C.[Na+]. The van der Waals surface area contributed by atoms with E-state index in [4.69, 9.17) is 0 Å². The van der Waals surface area contributed by atoms with Crippen LogP contribution in [0.25, 0.3) is 0 Å². The molecule has 0 aromatic heterocycles. The number of nitrogens with zero attached hydrogens (tertiary/aromatic N) is 3. The van der Waals surface area contributed by atoms with E-state index < -0.39 is 0 Å². The molecule has 0 aromatic carbocycles. The van der Waals surface area contributed by atoms with Gasteiger partial charge in [-0.05, 0) is 26.0 Å². The van der Waals surface area contributed by atoms with Gasteiger partial charge in [0, 0.05) is 4.97 Å². The third kappa shape index (κ3) is 4.44. The maximum atomic E-state index is 10.5. The van der Waals surface area contributed by atoms with Gasteiger partial charge < -0.3 is 10.4 Å². The Kier molecular flexibility index (Phi) is 5.92. The number of hydrazine groups is 1. The molecule has 60 valence electrons. The topological polar surface area (TPSA) is 64.7 Å². The average molecular weight is 169 g/mol. The molecule has 0 bridgehead atoms. The second-order valence-corrected chi connectivity index (χ2v) is 3.03. The number of hydrogen-bond acceptors (Lipinski definition) is 3. The van der Waals surface area contributed by atoms with E-state index in [9.17, 15) is 10.4 Å². The molecular formula is C5H12N3NaO2. The maximum Gasteiger partial charge on any atom is 1.00 e. The fourth-order valence-electron chi connectivity index (χ4n) is 0.311. The summed E-state index contributed by atoms with van der Waals surface area (Å²) in [6, 6.07) is 0. The van der Waals surface area contributed by atoms with Crippen LogP contribution in [-0.2, 0) is 0 Å². The van der Waals surface area contributed by atoms with Crippen molar-refractivity contribution in [3.8, 4) is 0 Å². The Labute approximate surface area is 88.5 Å². The van der Waals surface area contributed by atoms with Crippen LogP contribution in [0.1, 0.15) is 20.8 Å². The number of hydrogen-bond donors (Lipinski definition) is 0. The van der Waals surface area contributed by atoms with Crippen molar-refractivity contribution in [2.75, 3.05) is 7.05 Å². The van der Waals surface area contributed by atoms with E-state index in [1.54, 1.807) is 0 Å². The smallest absolute Gasteiger partial charge is 0.737 e. The molecule has 11 heavy (non-hydrogen) atoms. The monoisotopic (exact) mass is 169 g/mol. The molecule has 0 atom stereocenters. The van der Waals surface area contributed by atoms with Gasteiger partial charge in [-0.15, -0.1) is 5.01 Å². The molecule has 0 aliphatic carbocycles. The molecule has 0 aliphatic heterocycles. The van der Waals surface area contributed by atoms with Gasteiger partial charge in [-0.3, -0.25) is 0 Å². The predicted octanol–water partition coefficient (Wildman–Crippen LogP) is -1.90. The van der Waals surface area contributed by atoms with Crippen LogP contribution in [0, 0.1) is 10.4 Å². The molecule has 0 heterocycles. The molecule has 0 N–H and O–H groups in total. The normalized spacial score (nSPS) is 12.2. The van der Waals surface area contributed by atoms with Crippen LogP contribution in [0.3, 0.4) is 0 Å². The standard InChI is InChI=1S/C5H13N3O2.Na/c1-5(2,3)7(4)8(10)6-9;/h9H,1-4H3;/q;+1/p-1/b8-6+;. The summed E-state index contributed by atoms with van der Waals surface area (Å²) in [6.07, 6.45) is 0. The Hall–Kier alpha value is 0. The van der Waals surface area contributed by atoms with Crippen LogP contribution >= 0.6 is 0 Å². The predicted molar refractivity (Wildman–Crippen MR) is 36.9 cm³/mol. The molecule has 0 aromatic rings. The van der Waals surface area contributed by atoms with Crippen molar-refractivity contribution in [2.24, 2.45) is 5.28 Å². The van der Waals surface area contributed by atoms with Crippen LogP contribution in [0.15, 0.2) is 5.28 Å². The van der Waals surface area contributed by atoms with Gasteiger partial charge in [-0.1, -0.05) is 0 Å². The Balaban J connectivity index is 0. The zero-order chi connectivity index (χ0) is 8.36. The average Bonchev–Trinajstić information content (AvgIpc) is 1.83. The Bertz CT molecular complexity index is 143. The molecule has 5 nitrogen and oxygen atoms in total. The molecule has 0 rings (SSSR count). The van der Waals surface area contributed by atoms with Gasteiger partial charge >= 0.3 is 29.6 Å². The summed E-state index contributed by atoms with van der Waals surface area (Å²) >= 11 is 0. The van der Waals surface area contributed by atoms with Gasteiger partial charge in [-0.2, -0.15) is 0 Å². The summed E-state index contributed by atoms with van der Waals surface area (Å²) in [6.45, 7) is 5.43. The van der Waals surface area contributed by atoms with Crippen molar-refractivity contribution in [1.82, 2.24) is 5.01 Å². The summed E-state index contributed by atoms with van der Waals surface area (Å²) in [5.74, 6) is 0. The molecule has 0 amide bonds. The van der Waals surface area contributed by atoms with Crippen molar-refractivity contribution in [3.63, 3.8) is 0 Å². The minimum Gasteiger partial charge on any atom is -0.737 e. The molecule has 0 saturated carbocycles. The van der Waals surface area contributed by atoms with E-state index in [1.807, 2.05) is 20.8 Å². The first-order valence-electron chi connectivity index (χ1n) is 2.94. The first-order chi connectivity index (χ1) is 4.39. The van der Waals surface area contributed by atoms with E-state index in [0.717, 1.165) is 0 Å². The van der Waals surface area contributed by atoms with Crippen LogP contribution in [0.4, 0.5) is 0 Å².